The van der Waals surface area contributed by atoms with Crippen molar-refractivity contribution in [2.24, 2.45) is 22.2 Å². The molecule has 5 rings (SSSR count). The molecule has 0 spiro atoms. The van der Waals surface area contributed by atoms with Crippen LogP contribution < -0.4 is 0 Å². The highest BCUT2D eigenvalue weighted by atomic mass is 16.6. The summed E-state index contributed by atoms with van der Waals surface area (Å²) in [4.78, 5) is 53.0. The molecule has 7 atom stereocenters. The van der Waals surface area contributed by atoms with Crippen LogP contribution in [0.4, 0.5) is 0 Å². The van der Waals surface area contributed by atoms with Crippen LogP contribution in [-0.2, 0) is 33.4 Å². The van der Waals surface area contributed by atoms with E-state index in [2.05, 4.69) is 0 Å². The number of ketones is 1. The van der Waals surface area contributed by atoms with Gasteiger partial charge in [0, 0.05) is 28.4 Å². The standard InChI is InChI=1S/C32H38O9/c1-7-18(2)28(36)40-24-9-8-20-21-14-26(35)41-27(19-10-13-39-17-19)29(21,3)11-12-32(20,37)31(5)22(15-25(34)38-6)30(24,4)16-23(31)33/h7-10,13,17,22,24,27,37H,11-12,14-16H2,1-6H3/b9-8?,18-7+/t22-,24+,27-,29+,30-,31-,32+/m0/s1. The molecule has 2 fully saturated rings. The van der Waals surface area contributed by atoms with Crippen molar-refractivity contribution >= 4 is 23.7 Å². The first kappa shape index (κ1) is 29.0. The van der Waals surface area contributed by atoms with Crippen LogP contribution in [0.5, 0.6) is 0 Å². The third-order valence-electron chi connectivity index (χ3n) is 10.6. The van der Waals surface area contributed by atoms with E-state index < -0.39 is 57.9 Å². The lowest BCUT2D eigenvalue weighted by Gasteiger charge is -2.56. The summed E-state index contributed by atoms with van der Waals surface area (Å²) in [5.74, 6) is -2.48. The summed E-state index contributed by atoms with van der Waals surface area (Å²) >= 11 is 0. The van der Waals surface area contributed by atoms with Gasteiger partial charge < -0.3 is 23.7 Å². The van der Waals surface area contributed by atoms with Crippen LogP contribution in [0.1, 0.15) is 78.4 Å². The minimum atomic E-state index is -1.70. The van der Waals surface area contributed by atoms with Gasteiger partial charge in [0.15, 0.2) is 0 Å². The summed E-state index contributed by atoms with van der Waals surface area (Å²) in [6.07, 6.45) is 6.98. The molecule has 1 aliphatic heterocycles. The fourth-order valence-corrected chi connectivity index (χ4v) is 7.87. The van der Waals surface area contributed by atoms with Gasteiger partial charge in [0.2, 0.25) is 0 Å². The van der Waals surface area contributed by atoms with Crippen molar-refractivity contribution in [3.63, 3.8) is 0 Å². The van der Waals surface area contributed by atoms with E-state index >= 15 is 0 Å². The van der Waals surface area contributed by atoms with Gasteiger partial charge in [-0.05, 0) is 62.8 Å². The molecule has 1 saturated carbocycles. The van der Waals surface area contributed by atoms with Crippen LogP contribution in [0.15, 0.2) is 58.0 Å². The topological polar surface area (TPSA) is 129 Å². The number of aliphatic hydroxyl groups is 1. The second-order valence-corrected chi connectivity index (χ2v) is 12.6. The van der Waals surface area contributed by atoms with E-state index in [4.69, 9.17) is 18.6 Å². The first-order valence-electron chi connectivity index (χ1n) is 14.1. The van der Waals surface area contributed by atoms with Crippen LogP contribution >= 0.6 is 0 Å². The van der Waals surface area contributed by atoms with E-state index in [-0.39, 0.29) is 31.5 Å². The SMILES string of the molecule is C/C=C(\C)C(=O)O[C@@H]1C=CC2=C3CC(=O)O[C@@H](c4ccoc4)[C@]3(C)CC[C@]2(O)[C@]2(C)C(=O)C[C@@]1(C)[C@@H]2CC(=O)OC. The molecular formula is C32H38O9. The predicted octanol–water partition coefficient (Wildman–Crippen LogP) is 4.71. The highest BCUT2D eigenvalue weighted by Gasteiger charge is 2.71. The normalized spacial score (nSPS) is 38.4. The molecule has 3 aliphatic carbocycles. The molecule has 2 bridgehead atoms. The smallest absolute Gasteiger partial charge is 0.333 e. The first-order valence-corrected chi connectivity index (χ1v) is 14.1. The van der Waals surface area contributed by atoms with E-state index in [0.717, 1.165) is 0 Å². The number of methoxy groups -OCH3 is 1. The second-order valence-electron chi connectivity index (χ2n) is 12.6. The summed E-state index contributed by atoms with van der Waals surface area (Å²) in [5, 5.41) is 12.8. The molecule has 4 aliphatic rings. The molecular weight excluding hydrogens is 528 g/mol. The van der Waals surface area contributed by atoms with Gasteiger partial charge in [-0.1, -0.05) is 26.0 Å². The van der Waals surface area contributed by atoms with E-state index in [9.17, 15) is 24.3 Å². The Morgan fingerprint density at radius 1 is 1.20 bits per heavy atom. The van der Waals surface area contributed by atoms with Crippen molar-refractivity contribution in [1.29, 1.82) is 0 Å². The number of fused-ring (bicyclic) bond motifs is 5. The van der Waals surface area contributed by atoms with Crippen LogP contribution in [-0.4, -0.2) is 47.6 Å². The number of furan rings is 1. The molecule has 9 heteroatoms. The lowest BCUT2D eigenvalue weighted by molar-refractivity contribution is -0.169. The van der Waals surface area contributed by atoms with Crippen LogP contribution in [0.2, 0.25) is 0 Å². The Bertz CT molecular complexity index is 1380. The Labute approximate surface area is 239 Å². The Morgan fingerprint density at radius 3 is 2.56 bits per heavy atom. The molecule has 1 aromatic heterocycles. The number of Topliss-reactive ketones (excluding diaryl/α,β-unsaturated/α-hetero) is 1. The molecule has 9 nitrogen and oxygen atoms in total. The maximum Gasteiger partial charge on any atom is 0.333 e. The van der Waals surface area contributed by atoms with Gasteiger partial charge in [0.25, 0.3) is 0 Å². The minimum Gasteiger partial charge on any atom is -0.472 e. The molecule has 1 N–H and O–H groups in total. The molecule has 1 saturated heterocycles. The lowest BCUT2D eigenvalue weighted by Crippen LogP contribution is -2.60. The first-order chi connectivity index (χ1) is 19.3. The fraction of sp³-hybridized carbons (Fsp3) is 0.562. The van der Waals surface area contributed by atoms with Crippen LogP contribution in [0.25, 0.3) is 0 Å². The van der Waals surface area contributed by atoms with Gasteiger partial charge in [0.05, 0.1) is 37.9 Å². The summed E-state index contributed by atoms with van der Waals surface area (Å²) in [5.41, 5.74) is -2.62. The van der Waals surface area contributed by atoms with Crippen LogP contribution in [0.3, 0.4) is 0 Å². The highest BCUT2D eigenvalue weighted by molar-refractivity contribution is 5.93. The molecule has 220 valence electrons. The van der Waals surface area contributed by atoms with Crippen molar-refractivity contribution in [3.8, 4) is 0 Å². The number of rotatable bonds is 5. The van der Waals surface area contributed by atoms with Gasteiger partial charge in [0.1, 0.15) is 23.6 Å². The summed E-state index contributed by atoms with van der Waals surface area (Å²) < 4.78 is 22.2. The Kier molecular flexibility index (Phi) is 6.96. The molecule has 1 aromatic rings. The zero-order valence-electron chi connectivity index (χ0n) is 24.4. The molecule has 0 unspecified atom stereocenters. The highest BCUT2D eigenvalue weighted by Crippen LogP contribution is 2.67. The van der Waals surface area contributed by atoms with E-state index in [1.807, 2.05) is 13.8 Å². The average molecular weight is 567 g/mol. The molecule has 41 heavy (non-hydrogen) atoms. The number of carbonyl (C=O) groups is 4. The van der Waals surface area contributed by atoms with Crippen molar-refractivity contribution in [2.45, 2.75) is 84.5 Å². The fourth-order valence-electron chi connectivity index (χ4n) is 7.87. The van der Waals surface area contributed by atoms with Gasteiger partial charge in [-0.25, -0.2) is 4.79 Å². The molecule has 0 aromatic carbocycles. The number of esters is 3. The summed E-state index contributed by atoms with van der Waals surface area (Å²) in [6.45, 7) is 8.91. The van der Waals surface area contributed by atoms with Gasteiger partial charge in [-0.2, -0.15) is 0 Å². The monoisotopic (exact) mass is 566 g/mol. The number of carbonyl (C=O) groups excluding carboxylic acids is 4. The van der Waals surface area contributed by atoms with Crippen molar-refractivity contribution in [3.05, 3.63) is 59.1 Å². The minimum absolute atomic E-state index is 0.00971. The van der Waals surface area contributed by atoms with E-state index in [1.54, 1.807) is 51.3 Å². The quantitative estimate of drug-likeness (QED) is 0.306. The predicted molar refractivity (Wildman–Crippen MR) is 146 cm³/mol. The molecule has 2 heterocycles. The number of hydrogen-bond donors (Lipinski definition) is 1. The number of allylic oxidation sites excluding steroid dienone is 1. The van der Waals surface area contributed by atoms with Crippen molar-refractivity contribution in [1.82, 2.24) is 0 Å². The molecule has 0 amide bonds. The molecule has 0 radical (unpaired) electrons. The Hall–Kier alpha value is -3.46. The van der Waals surface area contributed by atoms with Crippen molar-refractivity contribution in [2.75, 3.05) is 7.11 Å². The second kappa shape index (κ2) is 9.82. The third kappa shape index (κ3) is 4.07. The Morgan fingerprint density at radius 2 is 1.93 bits per heavy atom. The largest absolute Gasteiger partial charge is 0.472 e. The van der Waals surface area contributed by atoms with Gasteiger partial charge in [-0.3, -0.25) is 14.4 Å². The maximum atomic E-state index is 14.2. The van der Waals surface area contributed by atoms with E-state index in [0.29, 0.717) is 28.7 Å². The summed E-state index contributed by atoms with van der Waals surface area (Å²) in [6, 6.07) is 1.75. The number of ether oxygens (including phenoxy) is 3. The zero-order chi connectivity index (χ0) is 30.0. The lowest BCUT2D eigenvalue weighted by atomic mass is 9.50. The average Bonchev–Trinajstić information content (AvgIpc) is 3.54. The number of hydrogen-bond acceptors (Lipinski definition) is 9. The summed E-state index contributed by atoms with van der Waals surface area (Å²) in [7, 11) is 1.28. The zero-order valence-corrected chi connectivity index (χ0v) is 24.4. The van der Waals surface area contributed by atoms with Gasteiger partial charge in [-0.15, -0.1) is 0 Å². The van der Waals surface area contributed by atoms with Gasteiger partial charge >= 0.3 is 17.9 Å². The third-order valence-corrected chi connectivity index (χ3v) is 10.6. The Balaban J connectivity index is 1.76. The van der Waals surface area contributed by atoms with E-state index in [1.165, 1.54) is 13.4 Å². The van der Waals surface area contributed by atoms with Crippen molar-refractivity contribution < 1.29 is 42.9 Å². The maximum absolute atomic E-state index is 14.2. The van der Waals surface area contributed by atoms with Crippen LogP contribution in [0, 0.1) is 22.2 Å². The number of cyclic esters (lactones) is 1.